The van der Waals surface area contributed by atoms with Crippen molar-refractivity contribution in [3.63, 3.8) is 0 Å². The first kappa shape index (κ1) is 12.6. The number of aliphatic hydroxyl groups excluding tert-OH is 1. The van der Waals surface area contributed by atoms with E-state index in [-0.39, 0.29) is 29.7 Å². The molecule has 0 radical (unpaired) electrons. The zero-order chi connectivity index (χ0) is 11.3. The lowest BCUT2D eigenvalue weighted by Gasteiger charge is -2.22. The van der Waals surface area contributed by atoms with Gasteiger partial charge < -0.3 is 10.4 Å². The molecule has 1 rings (SSSR count). The average Bonchev–Trinajstić information content (AvgIpc) is 2.72. The molecule has 0 spiro atoms. The highest BCUT2D eigenvalue weighted by atomic mass is 32.2. The zero-order valence-electron chi connectivity index (χ0n) is 9.27. The molecular formula is C11H19NO2S. The van der Waals surface area contributed by atoms with Gasteiger partial charge in [0, 0.05) is 17.2 Å². The van der Waals surface area contributed by atoms with Crippen LogP contribution in [-0.2, 0) is 4.79 Å². The summed E-state index contributed by atoms with van der Waals surface area (Å²) in [6, 6.07) is 0.0260. The van der Waals surface area contributed by atoms with Gasteiger partial charge in [0.15, 0.2) is 0 Å². The number of hydrogen-bond donors (Lipinski definition) is 2. The molecule has 86 valence electrons. The Hall–Kier alpha value is -0.480. The third kappa shape index (κ3) is 3.54. The number of amides is 1. The highest BCUT2D eigenvalue weighted by Gasteiger charge is 2.23. The molecule has 0 aliphatic heterocycles. The van der Waals surface area contributed by atoms with Crippen molar-refractivity contribution >= 4 is 17.7 Å². The molecule has 1 aliphatic carbocycles. The summed E-state index contributed by atoms with van der Waals surface area (Å²) in [5.41, 5.74) is 0. The minimum atomic E-state index is 0.0260. The predicted octanol–water partition coefficient (Wildman–Crippen LogP) is 1.18. The van der Waals surface area contributed by atoms with E-state index in [1.54, 1.807) is 11.8 Å². The number of rotatable bonds is 5. The monoisotopic (exact) mass is 229 g/mol. The van der Waals surface area contributed by atoms with Crippen LogP contribution in [0.1, 0.15) is 19.8 Å². The molecule has 2 N–H and O–H groups in total. The molecule has 0 bridgehead atoms. The van der Waals surface area contributed by atoms with E-state index in [9.17, 15) is 4.79 Å². The summed E-state index contributed by atoms with van der Waals surface area (Å²) in [6.07, 6.45) is 7.74. The van der Waals surface area contributed by atoms with E-state index in [1.807, 2.05) is 25.3 Å². The smallest absolute Gasteiger partial charge is 0.223 e. The molecule has 0 aromatic carbocycles. The van der Waals surface area contributed by atoms with E-state index in [0.717, 1.165) is 12.8 Å². The summed E-state index contributed by atoms with van der Waals surface area (Å²) in [6.45, 7) is 2.04. The number of hydrogen-bond acceptors (Lipinski definition) is 3. The van der Waals surface area contributed by atoms with Gasteiger partial charge in [-0.05, 0) is 26.0 Å². The van der Waals surface area contributed by atoms with Crippen molar-refractivity contribution in [1.29, 1.82) is 0 Å². The zero-order valence-corrected chi connectivity index (χ0v) is 10.1. The molecule has 1 aliphatic rings. The van der Waals surface area contributed by atoms with Crippen molar-refractivity contribution < 1.29 is 9.90 Å². The van der Waals surface area contributed by atoms with Crippen LogP contribution in [0.5, 0.6) is 0 Å². The number of carbonyl (C=O) groups excluding carboxylic acids is 1. The molecule has 1 amide bonds. The van der Waals surface area contributed by atoms with Gasteiger partial charge in [-0.15, -0.1) is 0 Å². The van der Waals surface area contributed by atoms with Crippen LogP contribution in [0.2, 0.25) is 0 Å². The summed E-state index contributed by atoms with van der Waals surface area (Å²) in [5.74, 6) is 0.216. The molecule has 0 aromatic rings. The third-order valence-corrected chi connectivity index (χ3v) is 3.95. The van der Waals surface area contributed by atoms with Crippen LogP contribution >= 0.6 is 11.8 Å². The fourth-order valence-corrected chi connectivity index (χ4v) is 2.33. The summed E-state index contributed by atoms with van der Waals surface area (Å²) in [5, 5.41) is 12.1. The molecule has 2 unspecified atom stereocenters. The fourth-order valence-electron chi connectivity index (χ4n) is 1.70. The number of thioether (sulfide) groups is 1. The van der Waals surface area contributed by atoms with Crippen molar-refractivity contribution in [2.24, 2.45) is 5.92 Å². The van der Waals surface area contributed by atoms with E-state index < -0.39 is 0 Å². The second kappa shape index (κ2) is 6.18. The Morgan fingerprint density at radius 2 is 2.20 bits per heavy atom. The minimum absolute atomic E-state index is 0.0260. The Bertz CT molecular complexity index is 231. The van der Waals surface area contributed by atoms with Gasteiger partial charge >= 0.3 is 0 Å². The Morgan fingerprint density at radius 3 is 2.67 bits per heavy atom. The fraction of sp³-hybridized carbons (Fsp3) is 0.727. The quantitative estimate of drug-likeness (QED) is 0.696. The topological polar surface area (TPSA) is 49.3 Å². The summed E-state index contributed by atoms with van der Waals surface area (Å²) >= 11 is 1.58. The maximum atomic E-state index is 11.8. The molecule has 15 heavy (non-hydrogen) atoms. The lowest BCUT2D eigenvalue weighted by molar-refractivity contribution is -0.125. The summed E-state index contributed by atoms with van der Waals surface area (Å²) < 4.78 is 0. The van der Waals surface area contributed by atoms with Gasteiger partial charge in [-0.25, -0.2) is 0 Å². The van der Waals surface area contributed by atoms with Crippen LogP contribution in [0.15, 0.2) is 12.2 Å². The molecule has 3 nitrogen and oxygen atoms in total. The van der Waals surface area contributed by atoms with Crippen molar-refractivity contribution in [2.45, 2.75) is 31.1 Å². The average molecular weight is 229 g/mol. The highest BCUT2D eigenvalue weighted by Crippen LogP contribution is 2.18. The third-order valence-electron chi connectivity index (χ3n) is 2.79. The molecule has 4 heteroatoms. The predicted molar refractivity (Wildman–Crippen MR) is 63.9 cm³/mol. The largest absolute Gasteiger partial charge is 0.395 e. The second-order valence-corrected chi connectivity index (χ2v) is 4.97. The first-order valence-corrected chi connectivity index (χ1v) is 6.56. The SMILES string of the molecule is CSC(CO)C(C)NC(=O)C1CC=CC1. The number of nitrogens with one attached hydrogen (secondary N) is 1. The van der Waals surface area contributed by atoms with Gasteiger partial charge in [0.1, 0.15) is 0 Å². The van der Waals surface area contributed by atoms with Crippen LogP contribution in [0.3, 0.4) is 0 Å². The van der Waals surface area contributed by atoms with Crippen LogP contribution in [0.4, 0.5) is 0 Å². The van der Waals surface area contributed by atoms with Crippen molar-refractivity contribution in [3.8, 4) is 0 Å². The summed E-state index contributed by atoms with van der Waals surface area (Å²) in [7, 11) is 0. The summed E-state index contributed by atoms with van der Waals surface area (Å²) in [4.78, 5) is 11.8. The standard InChI is InChI=1S/C11H19NO2S/c1-8(10(7-13)15-2)12-11(14)9-5-3-4-6-9/h3-4,8-10,13H,5-7H2,1-2H3,(H,12,14). The van der Waals surface area contributed by atoms with Crippen LogP contribution in [0, 0.1) is 5.92 Å². The van der Waals surface area contributed by atoms with Crippen LogP contribution in [-0.4, -0.2) is 35.2 Å². The second-order valence-electron chi connectivity index (χ2n) is 3.89. The first-order chi connectivity index (χ1) is 7.19. The Balaban J connectivity index is 2.36. The van der Waals surface area contributed by atoms with Gasteiger partial charge in [0.25, 0.3) is 0 Å². The molecule has 0 heterocycles. The van der Waals surface area contributed by atoms with Crippen molar-refractivity contribution in [1.82, 2.24) is 5.32 Å². The minimum Gasteiger partial charge on any atom is -0.395 e. The highest BCUT2D eigenvalue weighted by molar-refractivity contribution is 7.99. The van der Waals surface area contributed by atoms with Crippen molar-refractivity contribution in [2.75, 3.05) is 12.9 Å². The molecule has 2 atom stereocenters. The molecule has 0 saturated carbocycles. The van der Waals surface area contributed by atoms with E-state index in [0.29, 0.717) is 0 Å². The first-order valence-electron chi connectivity index (χ1n) is 5.28. The lowest BCUT2D eigenvalue weighted by Crippen LogP contribution is -2.43. The van der Waals surface area contributed by atoms with E-state index in [2.05, 4.69) is 5.32 Å². The number of allylic oxidation sites excluding steroid dienone is 2. The Kier molecular flexibility index (Phi) is 5.19. The Labute approximate surface area is 95.3 Å². The molecule has 0 saturated heterocycles. The van der Waals surface area contributed by atoms with E-state index in [1.165, 1.54) is 0 Å². The van der Waals surface area contributed by atoms with Gasteiger partial charge in [-0.3, -0.25) is 4.79 Å². The van der Waals surface area contributed by atoms with E-state index in [4.69, 9.17) is 5.11 Å². The molecule has 0 aromatic heterocycles. The molecule has 0 fully saturated rings. The van der Waals surface area contributed by atoms with Gasteiger partial charge in [-0.1, -0.05) is 12.2 Å². The maximum absolute atomic E-state index is 11.8. The van der Waals surface area contributed by atoms with E-state index >= 15 is 0 Å². The molecular weight excluding hydrogens is 210 g/mol. The number of aliphatic hydroxyl groups is 1. The lowest BCUT2D eigenvalue weighted by atomic mass is 10.1. The van der Waals surface area contributed by atoms with Crippen LogP contribution in [0.25, 0.3) is 0 Å². The van der Waals surface area contributed by atoms with Gasteiger partial charge in [0.2, 0.25) is 5.91 Å². The van der Waals surface area contributed by atoms with Crippen LogP contribution < -0.4 is 5.32 Å². The van der Waals surface area contributed by atoms with Crippen molar-refractivity contribution in [3.05, 3.63) is 12.2 Å². The normalized spacial score (nSPS) is 20.2. The Morgan fingerprint density at radius 1 is 1.60 bits per heavy atom. The van der Waals surface area contributed by atoms with Gasteiger partial charge in [0.05, 0.1) is 6.61 Å². The number of carbonyl (C=O) groups is 1. The maximum Gasteiger partial charge on any atom is 0.223 e. The van der Waals surface area contributed by atoms with Gasteiger partial charge in [-0.2, -0.15) is 11.8 Å².